The van der Waals surface area contributed by atoms with Crippen molar-refractivity contribution >= 4 is 63.6 Å². The molecule has 5 heterocycles. The number of ether oxygens (including phenoxy) is 1. The summed E-state index contributed by atoms with van der Waals surface area (Å²) in [5.74, 6) is 0.554. The van der Waals surface area contributed by atoms with Crippen LogP contribution in [0.1, 0.15) is 96.1 Å². The molecule has 3 aromatic carbocycles. The number of β-amino-alcohol motifs (C(OH)–C–C–N with tert-alkyl or cyclic N) is 1. The lowest BCUT2D eigenvalue weighted by Gasteiger charge is -2.35. The Morgan fingerprint density at radius 2 is 1.67 bits per heavy atom. The van der Waals surface area contributed by atoms with E-state index in [1.165, 1.54) is 4.90 Å². The summed E-state index contributed by atoms with van der Waals surface area (Å²) in [5.41, 5.74) is 8.63. The average molecular weight is 1000 g/mol. The van der Waals surface area contributed by atoms with Gasteiger partial charge in [-0.25, -0.2) is 4.98 Å². The first-order valence-electron chi connectivity index (χ1n) is 23.3. The van der Waals surface area contributed by atoms with Gasteiger partial charge in [0.1, 0.15) is 41.3 Å². The zero-order valence-corrected chi connectivity index (χ0v) is 42.7. The van der Waals surface area contributed by atoms with E-state index in [1.54, 1.807) is 22.7 Å². The van der Waals surface area contributed by atoms with Crippen molar-refractivity contribution in [1.82, 2.24) is 40.6 Å². The molecular formula is C52H58ClN9O6S2. The van der Waals surface area contributed by atoms with Crippen LogP contribution in [0.25, 0.3) is 15.4 Å². The second-order valence-electron chi connectivity index (χ2n) is 18.9. The van der Waals surface area contributed by atoms with E-state index >= 15 is 0 Å². The lowest BCUT2D eigenvalue weighted by molar-refractivity contribution is -0.144. The Morgan fingerprint density at radius 1 is 0.929 bits per heavy atom. The molecule has 366 valence electrons. The molecule has 15 nitrogen and oxygen atoms in total. The Labute approximate surface area is 420 Å². The number of carbonyl (C=O) groups excluding carboxylic acids is 4. The second-order valence-corrected chi connectivity index (χ2v) is 21.4. The highest BCUT2D eigenvalue weighted by Gasteiger charge is 2.44. The minimum atomic E-state index is -0.947. The van der Waals surface area contributed by atoms with Crippen molar-refractivity contribution in [3.8, 4) is 21.2 Å². The molecule has 4 atom stereocenters. The van der Waals surface area contributed by atoms with Crippen molar-refractivity contribution in [2.75, 3.05) is 19.7 Å². The first-order chi connectivity index (χ1) is 33.4. The molecular weight excluding hydrogens is 946 g/mol. The number of fused-ring (bicyclic) bond motifs is 3. The SMILES string of the molecule is Cc1ncsc1-c1ccc(CNC(=O)[C@@H]2C[C@@H](O)CN2C(=O)[C@@H](NC(=O)CCc2cccc(OCCNC(=O)C[C@@H]3N=C(c4ccc(Cl)cc4)c4c(sc(C)c4C)-n4c(C)nnc43)c2)C(C)(C)C)cc1. The first kappa shape index (κ1) is 50.1. The number of likely N-dealkylation sites (tertiary alicyclic amines) is 1. The van der Waals surface area contributed by atoms with Gasteiger partial charge < -0.3 is 30.7 Å². The van der Waals surface area contributed by atoms with Crippen LogP contribution in [0.5, 0.6) is 5.75 Å². The van der Waals surface area contributed by atoms with E-state index in [9.17, 15) is 24.3 Å². The number of aliphatic hydroxyl groups excluding tert-OH is 1. The number of hydrogen-bond donors (Lipinski definition) is 4. The fourth-order valence-corrected chi connectivity index (χ4v) is 11.0. The van der Waals surface area contributed by atoms with Gasteiger partial charge in [0.15, 0.2) is 5.82 Å². The van der Waals surface area contributed by atoms with E-state index in [1.807, 2.05) is 117 Å². The van der Waals surface area contributed by atoms with Gasteiger partial charge in [0.05, 0.1) is 40.9 Å². The van der Waals surface area contributed by atoms with Crippen LogP contribution in [0.2, 0.25) is 5.02 Å². The molecule has 4 amide bonds. The largest absolute Gasteiger partial charge is 0.492 e. The van der Waals surface area contributed by atoms with Crippen molar-refractivity contribution in [1.29, 1.82) is 0 Å². The van der Waals surface area contributed by atoms with Crippen LogP contribution < -0.4 is 20.7 Å². The third kappa shape index (κ3) is 11.3. The molecule has 1 fully saturated rings. The molecule has 8 rings (SSSR count). The van der Waals surface area contributed by atoms with Crippen LogP contribution in [0.3, 0.4) is 0 Å². The van der Waals surface area contributed by atoms with Gasteiger partial charge in [-0.05, 0) is 86.1 Å². The number of hydrogen-bond acceptors (Lipinski definition) is 12. The fraction of sp³-hybridized carbons (Fsp3) is 0.385. The molecule has 0 bridgehead atoms. The number of thiazole rings is 1. The second kappa shape index (κ2) is 21.4. The number of benzene rings is 3. The summed E-state index contributed by atoms with van der Waals surface area (Å²) >= 11 is 9.48. The van der Waals surface area contributed by atoms with E-state index in [2.05, 4.69) is 45.0 Å². The molecule has 0 unspecified atom stereocenters. The standard InChI is InChI=1S/C52H58ClN9O6S2/c1-29-31(3)70-51-44(29)45(35-16-18-37(53)19-17-35)57-40(48-60-59-32(4)62(48)51)25-43(65)54-21-22-68-39-10-8-9-33(23-39)13-20-42(64)58-47(52(5,6)7)50(67)61-27-38(63)24-41(61)49(66)55-26-34-11-14-36(15-12-34)46-30(2)56-28-69-46/h8-12,14-19,23,28,38,40-41,47,63H,13,20-22,24-27H2,1-7H3,(H,54,65)(H,55,66)(H,58,64)/t38-,40+,41+,47-/m1/s1. The molecule has 18 heteroatoms. The normalized spacial score (nSPS) is 17.0. The van der Waals surface area contributed by atoms with E-state index in [4.69, 9.17) is 21.3 Å². The summed E-state index contributed by atoms with van der Waals surface area (Å²) in [6.07, 6.45) is -0.269. The number of thiophene rings is 1. The Morgan fingerprint density at radius 3 is 2.39 bits per heavy atom. The smallest absolute Gasteiger partial charge is 0.246 e. The summed E-state index contributed by atoms with van der Waals surface area (Å²) in [5, 5.41) is 30.0. The predicted molar refractivity (Wildman–Crippen MR) is 273 cm³/mol. The van der Waals surface area contributed by atoms with E-state index in [0.717, 1.165) is 59.5 Å². The van der Waals surface area contributed by atoms with Crippen molar-refractivity contribution < 1.29 is 29.0 Å². The number of aliphatic hydroxyl groups is 1. The molecule has 2 aliphatic rings. The summed E-state index contributed by atoms with van der Waals surface area (Å²) in [6.45, 7) is 14.3. The molecule has 0 spiro atoms. The van der Waals surface area contributed by atoms with Crippen molar-refractivity contribution in [3.05, 3.63) is 133 Å². The maximum absolute atomic E-state index is 14.2. The number of aryl methyl sites for hydroxylation is 4. The molecule has 0 saturated carbocycles. The molecule has 2 aliphatic heterocycles. The summed E-state index contributed by atoms with van der Waals surface area (Å²) < 4.78 is 8.04. The van der Waals surface area contributed by atoms with Gasteiger partial charge in [-0.2, -0.15) is 0 Å². The predicted octanol–water partition coefficient (Wildman–Crippen LogP) is 7.56. The maximum atomic E-state index is 14.2. The number of carbonyl (C=O) groups is 4. The Hall–Kier alpha value is -6.27. The number of rotatable bonds is 16. The van der Waals surface area contributed by atoms with Gasteiger partial charge in [0, 0.05) is 47.0 Å². The molecule has 4 N–H and O–H groups in total. The van der Waals surface area contributed by atoms with Gasteiger partial charge in [-0.3, -0.25) is 28.7 Å². The highest BCUT2D eigenvalue weighted by atomic mass is 35.5. The Kier molecular flexibility index (Phi) is 15.3. The molecule has 6 aromatic rings. The van der Waals surface area contributed by atoms with Gasteiger partial charge in [0.25, 0.3) is 0 Å². The molecule has 70 heavy (non-hydrogen) atoms. The van der Waals surface area contributed by atoms with Gasteiger partial charge >= 0.3 is 0 Å². The lowest BCUT2D eigenvalue weighted by Crippen LogP contribution is -2.57. The maximum Gasteiger partial charge on any atom is 0.246 e. The number of amides is 4. The third-order valence-corrected chi connectivity index (χ3v) is 15.1. The zero-order chi connectivity index (χ0) is 49.9. The van der Waals surface area contributed by atoms with Gasteiger partial charge in [-0.1, -0.05) is 80.9 Å². The van der Waals surface area contributed by atoms with Crippen LogP contribution in [0, 0.1) is 33.1 Å². The van der Waals surface area contributed by atoms with Crippen LogP contribution in [0.4, 0.5) is 0 Å². The van der Waals surface area contributed by atoms with Gasteiger partial charge in [-0.15, -0.1) is 32.9 Å². The van der Waals surface area contributed by atoms with E-state index < -0.39 is 35.6 Å². The highest BCUT2D eigenvalue weighted by molar-refractivity contribution is 7.15. The number of nitrogens with one attached hydrogen (secondary N) is 3. The molecule has 0 aliphatic carbocycles. The molecule has 3 aromatic heterocycles. The number of halogens is 1. The number of nitrogens with zero attached hydrogens (tertiary/aromatic N) is 6. The molecule has 1 saturated heterocycles. The van der Waals surface area contributed by atoms with E-state index in [-0.39, 0.29) is 63.2 Å². The Balaban J connectivity index is 0.828. The van der Waals surface area contributed by atoms with Crippen LogP contribution in [-0.4, -0.2) is 97.0 Å². The lowest BCUT2D eigenvalue weighted by atomic mass is 9.85. The van der Waals surface area contributed by atoms with Crippen LogP contribution in [-0.2, 0) is 32.1 Å². The highest BCUT2D eigenvalue weighted by Crippen LogP contribution is 2.40. The minimum absolute atomic E-state index is 0.0144. The minimum Gasteiger partial charge on any atom is -0.492 e. The fourth-order valence-electron chi connectivity index (χ4n) is 8.80. The number of aliphatic imine (C=N–C) groups is 1. The van der Waals surface area contributed by atoms with Crippen molar-refractivity contribution in [2.45, 2.75) is 105 Å². The van der Waals surface area contributed by atoms with Crippen molar-refractivity contribution in [3.63, 3.8) is 0 Å². The summed E-state index contributed by atoms with van der Waals surface area (Å²) in [6, 6.07) is 20.4. The number of aromatic nitrogens is 4. The van der Waals surface area contributed by atoms with Gasteiger partial charge in [0.2, 0.25) is 23.6 Å². The summed E-state index contributed by atoms with van der Waals surface area (Å²) in [4.78, 5) is 67.9. The van der Waals surface area contributed by atoms with Crippen LogP contribution >= 0.6 is 34.3 Å². The molecule has 0 radical (unpaired) electrons. The van der Waals surface area contributed by atoms with E-state index in [0.29, 0.717) is 28.8 Å². The topological polar surface area (TPSA) is 193 Å². The van der Waals surface area contributed by atoms with Crippen molar-refractivity contribution in [2.24, 2.45) is 10.4 Å². The zero-order valence-electron chi connectivity index (χ0n) is 40.3. The summed E-state index contributed by atoms with van der Waals surface area (Å²) in [7, 11) is 0. The monoisotopic (exact) mass is 1000 g/mol. The van der Waals surface area contributed by atoms with Crippen LogP contribution in [0.15, 0.2) is 83.3 Å². The Bertz CT molecular complexity index is 2920. The quantitative estimate of drug-likeness (QED) is 0.0709. The third-order valence-electron chi connectivity index (χ3n) is 12.7. The average Bonchev–Trinajstić information content (AvgIpc) is 4.10. The first-order valence-corrected chi connectivity index (χ1v) is 25.4.